The molecule has 2 aromatic rings. The summed E-state index contributed by atoms with van der Waals surface area (Å²) in [4.78, 5) is 16.2. The van der Waals surface area contributed by atoms with Gasteiger partial charge >= 0.3 is 0 Å². The van der Waals surface area contributed by atoms with Crippen molar-refractivity contribution in [1.82, 2.24) is 15.2 Å². The van der Waals surface area contributed by atoms with E-state index < -0.39 is 0 Å². The van der Waals surface area contributed by atoms with E-state index in [2.05, 4.69) is 46.8 Å². The quantitative estimate of drug-likeness (QED) is 0.631. The van der Waals surface area contributed by atoms with Crippen LogP contribution in [0.25, 0.3) is 0 Å². The summed E-state index contributed by atoms with van der Waals surface area (Å²) in [6, 6.07) is 14.1. The van der Waals surface area contributed by atoms with Crippen LogP contribution < -0.4 is 16.2 Å². The van der Waals surface area contributed by atoms with Crippen LogP contribution in [0.1, 0.15) is 43.7 Å². The predicted octanol–water partition coefficient (Wildman–Crippen LogP) is 3.14. The minimum atomic E-state index is 0.0234. The van der Waals surface area contributed by atoms with E-state index in [1.165, 1.54) is 31.2 Å². The third-order valence-corrected chi connectivity index (χ3v) is 5.32. The lowest BCUT2D eigenvalue weighted by molar-refractivity contribution is 0.329. The summed E-state index contributed by atoms with van der Waals surface area (Å²) in [5.41, 5.74) is 2.33. The van der Waals surface area contributed by atoms with Crippen LogP contribution in [0.5, 0.6) is 0 Å². The topological polar surface area (TPSA) is 58.4 Å². The second kappa shape index (κ2) is 9.40. The van der Waals surface area contributed by atoms with E-state index in [4.69, 9.17) is 0 Å². The minimum Gasteiger partial charge on any atom is -0.354 e. The Balaban J connectivity index is 1.50. The molecule has 0 amide bonds. The molecule has 5 heteroatoms. The number of aromatic nitrogens is 1. The van der Waals surface area contributed by atoms with Gasteiger partial charge in [0.15, 0.2) is 5.96 Å². The first-order valence-corrected chi connectivity index (χ1v) is 9.84. The van der Waals surface area contributed by atoms with Crippen LogP contribution >= 0.6 is 0 Å². The molecule has 27 heavy (non-hydrogen) atoms. The van der Waals surface area contributed by atoms with Gasteiger partial charge in [0, 0.05) is 31.9 Å². The van der Waals surface area contributed by atoms with Gasteiger partial charge in [0.25, 0.3) is 5.56 Å². The highest BCUT2D eigenvalue weighted by Crippen LogP contribution is 2.23. The Bertz CT molecular complexity index is 802. The minimum absolute atomic E-state index is 0.0234. The van der Waals surface area contributed by atoms with Crippen molar-refractivity contribution in [3.63, 3.8) is 0 Å². The summed E-state index contributed by atoms with van der Waals surface area (Å²) in [6.07, 6.45) is 6.84. The molecule has 144 valence electrons. The van der Waals surface area contributed by atoms with E-state index in [1.807, 2.05) is 19.3 Å². The summed E-state index contributed by atoms with van der Waals surface area (Å²) in [5, 5.41) is 6.95. The van der Waals surface area contributed by atoms with Crippen LogP contribution in [0.15, 0.2) is 58.4 Å². The van der Waals surface area contributed by atoms with Crippen molar-refractivity contribution in [3.8, 4) is 0 Å². The van der Waals surface area contributed by atoms with Crippen molar-refractivity contribution in [2.24, 2.45) is 10.9 Å². The van der Waals surface area contributed by atoms with E-state index in [9.17, 15) is 4.79 Å². The van der Waals surface area contributed by atoms with Gasteiger partial charge < -0.3 is 15.2 Å². The number of rotatable bonds is 5. The maximum absolute atomic E-state index is 11.8. The average Bonchev–Trinajstić information content (AvgIpc) is 2.69. The van der Waals surface area contributed by atoms with Crippen LogP contribution in [0.2, 0.25) is 0 Å². The zero-order valence-corrected chi connectivity index (χ0v) is 16.3. The normalized spacial score (nSPS) is 20.3. The van der Waals surface area contributed by atoms with Gasteiger partial charge in [0.1, 0.15) is 0 Å². The van der Waals surface area contributed by atoms with Crippen molar-refractivity contribution in [2.45, 2.75) is 51.7 Å². The molecule has 1 aliphatic rings. The summed E-state index contributed by atoms with van der Waals surface area (Å²) in [7, 11) is 1.82. The monoisotopic (exact) mass is 366 g/mol. The Kier molecular flexibility index (Phi) is 6.69. The van der Waals surface area contributed by atoms with Gasteiger partial charge in [0.05, 0.1) is 6.54 Å². The molecular weight excluding hydrogens is 336 g/mol. The van der Waals surface area contributed by atoms with E-state index in [0.717, 1.165) is 24.0 Å². The fourth-order valence-corrected chi connectivity index (χ4v) is 3.53. The summed E-state index contributed by atoms with van der Waals surface area (Å²) < 4.78 is 1.71. The van der Waals surface area contributed by atoms with Gasteiger partial charge in [0.2, 0.25) is 0 Å². The van der Waals surface area contributed by atoms with E-state index in [-0.39, 0.29) is 5.56 Å². The Labute approximate surface area is 161 Å². The number of hydrogen-bond donors (Lipinski definition) is 2. The van der Waals surface area contributed by atoms with Gasteiger partial charge in [-0.2, -0.15) is 0 Å². The average molecular weight is 367 g/mol. The number of benzene rings is 1. The van der Waals surface area contributed by atoms with Crippen LogP contribution in [0, 0.1) is 5.92 Å². The molecule has 0 unspecified atom stereocenters. The number of hydrogen-bond acceptors (Lipinski definition) is 2. The molecule has 0 aliphatic heterocycles. The first-order valence-electron chi connectivity index (χ1n) is 9.84. The highest BCUT2D eigenvalue weighted by atomic mass is 16.1. The Morgan fingerprint density at radius 1 is 1.07 bits per heavy atom. The molecule has 0 radical (unpaired) electrons. The van der Waals surface area contributed by atoms with Crippen molar-refractivity contribution in [1.29, 1.82) is 0 Å². The van der Waals surface area contributed by atoms with Gasteiger partial charge in [-0.1, -0.05) is 37.3 Å². The molecule has 1 saturated carbocycles. The maximum Gasteiger partial charge on any atom is 0.250 e. The van der Waals surface area contributed by atoms with Gasteiger partial charge in [-0.15, -0.1) is 0 Å². The molecule has 0 spiro atoms. The first-order chi connectivity index (χ1) is 13.1. The second-order valence-electron chi connectivity index (χ2n) is 7.51. The molecule has 1 aliphatic carbocycles. The Hall–Kier alpha value is -2.56. The maximum atomic E-state index is 11.8. The van der Waals surface area contributed by atoms with Crippen molar-refractivity contribution in [2.75, 3.05) is 7.05 Å². The highest BCUT2D eigenvalue weighted by Gasteiger charge is 2.18. The molecule has 3 rings (SSSR count). The molecule has 2 N–H and O–H groups in total. The summed E-state index contributed by atoms with van der Waals surface area (Å²) in [5.74, 6) is 1.72. The van der Waals surface area contributed by atoms with Crippen LogP contribution in [-0.4, -0.2) is 23.6 Å². The molecule has 1 aromatic heterocycles. The third kappa shape index (κ3) is 5.71. The molecule has 5 nitrogen and oxygen atoms in total. The SMILES string of the molecule is CN=C(NCc1ccc(Cn2ccccc2=O)cc1)NC1CCC(C)CC1. The molecule has 0 saturated heterocycles. The van der Waals surface area contributed by atoms with E-state index >= 15 is 0 Å². The third-order valence-electron chi connectivity index (χ3n) is 5.32. The first kappa shape index (κ1) is 19.2. The predicted molar refractivity (Wildman–Crippen MR) is 111 cm³/mol. The lowest BCUT2D eigenvalue weighted by Crippen LogP contribution is -2.44. The van der Waals surface area contributed by atoms with Crippen LogP contribution in [-0.2, 0) is 13.1 Å². The zero-order valence-electron chi connectivity index (χ0n) is 16.3. The van der Waals surface area contributed by atoms with Crippen molar-refractivity contribution >= 4 is 5.96 Å². The molecule has 0 atom stereocenters. The molecule has 1 heterocycles. The van der Waals surface area contributed by atoms with Gasteiger partial charge in [-0.3, -0.25) is 9.79 Å². The number of nitrogens with zero attached hydrogens (tertiary/aromatic N) is 2. The zero-order chi connectivity index (χ0) is 19.1. The summed E-state index contributed by atoms with van der Waals surface area (Å²) in [6.45, 7) is 3.66. The van der Waals surface area contributed by atoms with Crippen LogP contribution in [0.4, 0.5) is 0 Å². The van der Waals surface area contributed by atoms with Crippen LogP contribution in [0.3, 0.4) is 0 Å². The fourth-order valence-electron chi connectivity index (χ4n) is 3.53. The fraction of sp³-hybridized carbons (Fsp3) is 0.455. The largest absolute Gasteiger partial charge is 0.354 e. The molecule has 1 fully saturated rings. The highest BCUT2D eigenvalue weighted by molar-refractivity contribution is 5.79. The standard InChI is InChI=1S/C22H30N4O/c1-17-6-12-20(13-7-17)25-22(23-2)24-15-18-8-10-19(11-9-18)16-26-14-4-3-5-21(26)27/h3-5,8-11,14,17,20H,6-7,12-13,15-16H2,1-2H3,(H2,23,24,25). The smallest absolute Gasteiger partial charge is 0.250 e. The molecule has 0 bridgehead atoms. The second-order valence-corrected chi connectivity index (χ2v) is 7.51. The van der Waals surface area contributed by atoms with Crippen molar-refractivity contribution in [3.05, 3.63) is 70.1 Å². The van der Waals surface area contributed by atoms with Gasteiger partial charge in [-0.05, 0) is 48.8 Å². The number of aliphatic imine (C=N–C) groups is 1. The lowest BCUT2D eigenvalue weighted by atomic mass is 9.87. The lowest BCUT2D eigenvalue weighted by Gasteiger charge is -2.28. The molecule has 1 aromatic carbocycles. The van der Waals surface area contributed by atoms with E-state index in [1.54, 1.807) is 16.7 Å². The summed E-state index contributed by atoms with van der Waals surface area (Å²) >= 11 is 0. The number of nitrogens with one attached hydrogen (secondary N) is 2. The van der Waals surface area contributed by atoms with Gasteiger partial charge in [-0.25, -0.2) is 0 Å². The number of guanidine groups is 1. The molecular formula is C22H30N4O. The Morgan fingerprint density at radius 3 is 2.44 bits per heavy atom. The Morgan fingerprint density at radius 2 is 1.78 bits per heavy atom. The number of pyridine rings is 1. The van der Waals surface area contributed by atoms with Crippen molar-refractivity contribution < 1.29 is 0 Å². The van der Waals surface area contributed by atoms with E-state index in [0.29, 0.717) is 12.6 Å².